The first-order valence-corrected chi connectivity index (χ1v) is 6.02. The van der Waals surface area contributed by atoms with Gasteiger partial charge in [0.1, 0.15) is 0 Å². The van der Waals surface area contributed by atoms with Crippen molar-refractivity contribution in [1.29, 1.82) is 0 Å². The van der Waals surface area contributed by atoms with E-state index in [-0.39, 0.29) is 0 Å². The number of carbonyl (C=O) groups is 1. The highest BCUT2D eigenvalue weighted by molar-refractivity contribution is 6.65. The quantitative estimate of drug-likeness (QED) is 0.607. The molecule has 1 aromatic carbocycles. The van der Waals surface area contributed by atoms with E-state index in [0.717, 1.165) is 18.5 Å². The maximum Gasteiger partial charge on any atom is 0.318 e. The summed E-state index contributed by atoms with van der Waals surface area (Å²) in [4.78, 5) is 10.9. The van der Waals surface area contributed by atoms with E-state index in [4.69, 9.17) is 11.6 Å². The van der Waals surface area contributed by atoms with Gasteiger partial charge >= 0.3 is 5.37 Å². The van der Waals surface area contributed by atoms with Crippen molar-refractivity contribution >= 4 is 22.7 Å². The van der Waals surface area contributed by atoms with Gasteiger partial charge in [-0.1, -0.05) is 39.3 Å². The molecule has 0 radical (unpaired) electrons. The van der Waals surface area contributed by atoms with E-state index in [9.17, 15) is 4.79 Å². The summed E-state index contributed by atoms with van der Waals surface area (Å²) in [6, 6.07) is 5.97. The van der Waals surface area contributed by atoms with Crippen LogP contribution in [0.4, 0.5) is 10.5 Å². The average Bonchev–Trinajstić information content (AvgIpc) is 2.16. The van der Waals surface area contributed by atoms with Gasteiger partial charge in [0, 0.05) is 5.69 Å². The van der Waals surface area contributed by atoms with Crippen molar-refractivity contribution in [2.24, 2.45) is 0 Å². The normalized spacial score (nSPS) is 10.6. The van der Waals surface area contributed by atoms with E-state index in [1.807, 2.05) is 12.1 Å². The van der Waals surface area contributed by atoms with Crippen LogP contribution in [0.3, 0.4) is 0 Å². The third kappa shape index (κ3) is 3.24. The van der Waals surface area contributed by atoms with Gasteiger partial charge in [0.05, 0.1) is 0 Å². The van der Waals surface area contributed by atoms with Crippen LogP contribution in [0.2, 0.25) is 0 Å². The summed E-state index contributed by atoms with van der Waals surface area (Å²) in [5, 5.41) is 2.15. The maximum atomic E-state index is 10.9. The predicted molar refractivity (Wildman–Crippen MR) is 69.4 cm³/mol. The van der Waals surface area contributed by atoms with E-state index >= 15 is 0 Å². The lowest BCUT2D eigenvalue weighted by Crippen LogP contribution is -2.07. The monoisotopic (exact) mass is 239 g/mol. The lowest BCUT2D eigenvalue weighted by atomic mass is 9.93. The van der Waals surface area contributed by atoms with Crippen molar-refractivity contribution in [2.75, 3.05) is 5.32 Å². The number of nitrogens with one attached hydrogen (secondary N) is 1. The second-order valence-electron chi connectivity index (χ2n) is 4.18. The first-order valence-electron chi connectivity index (χ1n) is 5.64. The molecule has 16 heavy (non-hydrogen) atoms. The molecule has 0 fully saturated rings. The zero-order valence-electron chi connectivity index (χ0n) is 10.0. The Morgan fingerprint density at radius 2 is 2.12 bits per heavy atom. The van der Waals surface area contributed by atoms with Crippen LogP contribution in [0, 0.1) is 0 Å². The van der Waals surface area contributed by atoms with Crippen LogP contribution < -0.4 is 5.32 Å². The fourth-order valence-electron chi connectivity index (χ4n) is 2.00. The van der Waals surface area contributed by atoms with Crippen molar-refractivity contribution in [3.63, 3.8) is 0 Å². The van der Waals surface area contributed by atoms with Gasteiger partial charge in [-0.3, -0.25) is 4.79 Å². The molecule has 0 aliphatic carbocycles. The molecular formula is C13H18ClNO. The second-order valence-corrected chi connectivity index (χ2v) is 4.53. The summed E-state index contributed by atoms with van der Waals surface area (Å²) in [7, 11) is 0. The van der Waals surface area contributed by atoms with Crippen molar-refractivity contribution in [1.82, 2.24) is 0 Å². The van der Waals surface area contributed by atoms with Gasteiger partial charge in [0.25, 0.3) is 0 Å². The maximum absolute atomic E-state index is 10.9. The topological polar surface area (TPSA) is 29.1 Å². The molecule has 0 heterocycles. The first kappa shape index (κ1) is 13.0. The highest BCUT2D eigenvalue weighted by atomic mass is 35.5. The molecule has 1 aromatic rings. The van der Waals surface area contributed by atoms with E-state index < -0.39 is 5.37 Å². The number of carbonyl (C=O) groups excluding carboxylic acids is 1. The van der Waals surface area contributed by atoms with Crippen LogP contribution in [-0.4, -0.2) is 5.37 Å². The van der Waals surface area contributed by atoms with Crippen molar-refractivity contribution in [3.05, 3.63) is 29.3 Å². The van der Waals surface area contributed by atoms with Gasteiger partial charge in [-0.05, 0) is 41.1 Å². The molecule has 1 rings (SSSR count). The molecule has 0 saturated carbocycles. The summed E-state index contributed by atoms with van der Waals surface area (Å²) in [5.74, 6) is 0.376. The highest BCUT2D eigenvalue weighted by Crippen LogP contribution is 2.29. The lowest BCUT2D eigenvalue weighted by molar-refractivity contribution is 0.269. The Kier molecular flexibility index (Phi) is 4.81. The number of aryl methyl sites for hydroxylation is 1. The Morgan fingerprint density at radius 3 is 2.62 bits per heavy atom. The minimum Gasteiger partial charge on any atom is -0.312 e. The zero-order chi connectivity index (χ0) is 12.1. The predicted octanol–water partition coefficient (Wildman–Crippen LogP) is 4.53. The van der Waals surface area contributed by atoms with E-state index in [1.54, 1.807) is 0 Å². The molecule has 0 bridgehead atoms. The molecule has 0 saturated heterocycles. The van der Waals surface area contributed by atoms with Crippen molar-refractivity contribution < 1.29 is 4.79 Å². The van der Waals surface area contributed by atoms with Crippen molar-refractivity contribution in [2.45, 2.75) is 39.5 Å². The number of benzene rings is 1. The van der Waals surface area contributed by atoms with Crippen LogP contribution in [0.5, 0.6) is 0 Å². The van der Waals surface area contributed by atoms with Crippen LogP contribution in [0.25, 0.3) is 0 Å². The van der Waals surface area contributed by atoms with Crippen molar-refractivity contribution in [3.8, 4) is 0 Å². The van der Waals surface area contributed by atoms with Gasteiger partial charge in [-0.15, -0.1) is 0 Å². The van der Waals surface area contributed by atoms with Gasteiger partial charge in [0.15, 0.2) is 0 Å². The smallest absolute Gasteiger partial charge is 0.312 e. The SMILES string of the molecule is CCCc1cccc(NC(=O)Cl)c1C(C)C. The summed E-state index contributed by atoms with van der Waals surface area (Å²) in [5.41, 5.74) is 3.32. The molecule has 0 aliphatic rings. The number of hydrogen-bond donors (Lipinski definition) is 1. The average molecular weight is 240 g/mol. The Balaban J connectivity index is 3.15. The number of hydrogen-bond acceptors (Lipinski definition) is 1. The number of amides is 1. The first-order chi connectivity index (χ1) is 7.56. The standard InChI is InChI=1S/C13H18ClNO/c1-4-6-10-7-5-8-11(15-13(14)16)12(10)9(2)3/h5,7-9H,4,6H2,1-3H3,(H,15,16). The van der Waals surface area contributed by atoms with E-state index in [1.165, 1.54) is 11.1 Å². The van der Waals surface area contributed by atoms with Crippen LogP contribution in [-0.2, 0) is 6.42 Å². The molecule has 0 aliphatic heterocycles. The summed E-state index contributed by atoms with van der Waals surface area (Å²) >= 11 is 5.37. The molecule has 0 unspecified atom stereocenters. The summed E-state index contributed by atoms with van der Waals surface area (Å²) in [6.07, 6.45) is 2.12. The minimum atomic E-state index is -0.532. The van der Waals surface area contributed by atoms with E-state index in [0.29, 0.717) is 5.92 Å². The van der Waals surface area contributed by atoms with Gasteiger partial charge in [0.2, 0.25) is 0 Å². The Bertz CT molecular complexity index is 374. The molecule has 0 atom stereocenters. The Labute approximate surface area is 102 Å². The summed E-state index contributed by atoms with van der Waals surface area (Å²) < 4.78 is 0. The molecule has 0 spiro atoms. The molecule has 2 nitrogen and oxygen atoms in total. The lowest BCUT2D eigenvalue weighted by Gasteiger charge is -2.17. The van der Waals surface area contributed by atoms with E-state index in [2.05, 4.69) is 32.2 Å². The molecule has 3 heteroatoms. The molecule has 0 aromatic heterocycles. The molecule has 1 N–H and O–H groups in total. The van der Waals surface area contributed by atoms with Crippen LogP contribution in [0.15, 0.2) is 18.2 Å². The second kappa shape index (κ2) is 5.90. The number of anilines is 1. The zero-order valence-corrected chi connectivity index (χ0v) is 10.8. The van der Waals surface area contributed by atoms with Gasteiger partial charge in [-0.25, -0.2) is 0 Å². The number of rotatable bonds is 4. The summed E-state index contributed by atoms with van der Waals surface area (Å²) in [6.45, 7) is 6.40. The van der Waals surface area contributed by atoms with Gasteiger partial charge in [-0.2, -0.15) is 0 Å². The molecular weight excluding hydrogens is 222 g/mol. The minimum absolute atomic E-state index is 0.376. The third-order valence-corrected chi connectivity index (χ3v) is 2.62. The highest BCUT2D eigenvalue weighted by Gasteiger charge is 2.12. The fourth-order valence-corrected chi connectivity index (χ4v) is 2.10. The molecule has 1 amide bonds. The van der Waals surface area contributed by atoms with Crippen LogP contribution >= 0.6 is 11.6 Å². The van der Waals surface area contributed by atoms with Gasteiger partial charge < -0.3 is 5.32 Å². The largest absolute Gasteiger partial charge is 0.318 e. The van der Waals surface area contributed by atoms with Crippen LogP contribution in [0.1, 0.15) is 44.2 Å². The Hall–Kier alpha value is -1.02. The third-order valence-electron chi connectivity index (χ3n) is 2.53. The number of halogens is 1. The Morgan fingerprint density at radius 1 is 1.44 bits per heavy atom. The fraction of sp³-hybridized carbons (Fsp3) is 0.462. The molecule has 88 valence electrons.